The zero-order valence-corrected chi connectivity index (χ0v) is 30.2. The van der Waals surface area contributed by atoms with Gasteiger partial charge in [0.2, 0.25) is 0 Å². The average molecular weight is 749 g/mol. The van der Waals surface area contributed by atoms with Crippen LogP contribution in [0.2, 0.25) is 0 Å². The Morgan fingerprint density at radius 2 is 0.706 bits per heavy atom. The molecule has 0 aromatic heterocycles. The van der Waals surface area contributed by atoms with Crippen molar-refractivity contribution in [1.29, 1.82) is 0 Å². The predicted molar refractivity (Wildman–Crippen MR) is 171 cm³/mol. The normalized spacial score (nSPS) is 15.9. The highest BCUT2D eigenvalue weighted by Gasteiger charge is 2.34. The second kappa shape index (κ2) is 28.4. The van der Waals surface area contributed by atoms with Crippen molar-refractivity contribution < 1.29 is 96.4 Å². The second-order valence-corrected chi connectivity index (χ2v) is 11.7. The molecular formula is C31H56O20. The topological polar surface area (TPSA) is 260 Å². The molecular weight excluding hydrogens is 692 g/mol. The number of carbonyl (C=O) groups is 4. The third-order valence-corrected chi connectivity index (χ3v) is 5.74. The molecule has 0 spiro atoms. The van der Waals surface area contributed by atoms with Gasteiger partial charge in [0.15, 0.2) is 0 Å². The Bertz CT molecular complexity index is 872. The maximum absolute atomic E-state index is 11.9. The Hall–Kier alpha value is -3.24. The van der Waals surface area contributed by atoms with E-state index < -0.39 is 66.7 Å². The van der Waals surface area contributed by atoms with Crippen LogP contribution in [0.3, 0.4) is 0 Å². The Labute approximate surface area is 297 Å². The van der Waals surface area contributed by atoms with E-state index >= 15 is 0 Å². The molecule has 6 unspecified atom stereocenters. The van der Waals surface area contributed by atoms with Crippen molar-refractivity contribution in [3.63, 3.8) is 0 Å². The Morgan fingerprint density at radius 3 is 0.941 bits per heavy atom. The molecule has 0 aliphatic carbocycles. The van der Waals surface area contributed by atoms with Gasteiger partial charge in [0.05, 0.1) is 83.7 Å². The fraction of sp³-hybridized carbons (Fsp3) is 0.871. The van der Waals surface area contributed by atoms with Crippen LogP contribution >= 0.6 is 0 Å². The molecule has 0 aromatic rings. The van der Waals surface area contributed by atoms with Crippen LogP contribution in [0, 0.1) is 5.41 Å². The van der Waals surface area contributed by atoms with Crippen LogP contribution in [-0.2, 0) is 56.8 Å². The van der Waals surface area contributed by atoms with Crippen LogP contribution in [0.15, 0.2) is 0 Å². The summed E-state index contributed by atoms with van der Waals surface area (Å²) in [7, 11) is 0. The summed E-state index contributed by atoms with van der Waals surface area (Å²) in [5, 5.41) is 36.3. The van der Waals surface area contributed by atoms with E-state index in [0.29, 0.717) is 0 Å². The molecule has 0 saturated heterocycles. The quantitative estimate of drug-likeness (QED) is 0.0641. The molecule has 0 saturated carbocycles. The lowest BCUT2D eigenvalue weighted by Crippen LogP contribution is -2.44. The molecule has 0 amide bonds. The summed E-state index contributed by atoms with van der Waals surface area (Å²) in [5.74, 6) is 0. The van der Waals surface area contributed by atoms with Gasteiger partial charge in [0, 0.05) is 0 Å². The summed E-state index contributed by atoms with van der Waals surface area (Å²) in [6.45, 7) is 6.32. The maximum Gasteiger partial charge on any atom is 0.508 e. The number of ether oxygens (including phenoxy) is 12. The predicted octanol–water partition coefficient (Wildman–Crippen LogP) is 0.952. The zero-order chi connectivity index (χ0) is 38.7. The molecule has 0 radical (unpaired) electrons. The first-order valence-corrected chi connectivity index (χ1v) is 16.3. The lowest BCUT2D eigenvalue weighted by atomic mass is 9.92. The van der Waals surface area contributed by atoms with Gasteiger partial charge in [-0.15, -0.1) is 0 Å². The minimum Gasteiger partial charge on any atom is -0.432 e. The van der Waals surface area contributed by atoms with Gasteiger partial charge in [0.25, 0.3) is 0 Å². The molecule has 0 aromatic carbocycles. The molecule has 20 nitrogen and oxygen atoms in total. The van der Waals surface area contributed by atoms with Gasteiger partial charge >= 0.3 is 24.6 Å². The molecule has 51 heavy (non-hydrogen) atoms. The average Bonchev–Trinajstić information content (AvgIpc) is 3.04. The molecule has 4 N–H and O–H groups in total. The summed E-state index contributed by atoms with van der Waals surface area (Å²) in [6.07, 6.45) is -8.93. The molecule has 6 atom stereocenters. The van der Waals surface area contributed by atoms with Crippen molar-refractivity contribution in [2.75, 3.05) is 92.5 Å². The maximum atomic E-state index is 11.9. The van der Waals surface area contributed by atoms with Crippen LogP contribution in [0.25, 0.3) is 0 Å². The summed E-state index contributed by atoms with van der Waals surface area (Å²) >= 11 is 0. The highest BCUT2D eigenvalue weighted by Crippen LogP contribution is 2.22. The molecule has 0 rings (SSSR count). The van der Waals surface area contributed by atoms with Gasteiger partial charge < -0.3 is 77.3 Å². The van der Waals surface area contributed by atoms with E-state index in [1.54, 1.807) is 27.7 Å². The van der Waals surface area contributed by atoms with Crippen LogP contribution in [0.4, 0.5) is 19.2 Å². The standard InChI is InChI=1S/C31H56O20/c1-21(34)11-46-29(38)50-25(5)15-42-19-31(17-40-13-23(3)48-27(36)44-9-7-32,18-41-14-24(4)49-28(37)45-10-8-33)20-43-16-26(6)51-30(39)47-12-22(2)35/h21-26,32-35H,7-20H2,1-6H3. The Kier molecular flexibility index (Phi) is 26.6. The number of hydrogen-bond acceptors (Lipinski definition) is 20. The molecule has 0 aliphatic rings. The van der Waals surface area contributed by atoms with Gasteiger partial charge in [-0.1, -0.05) is 0 Å². The van der Waals surface area contributed by atoms with Gasteiger partial charge in [-0.2, -0.15) is 0 Å². The van der Waals surface area contributed by atoms with Gasteiger partial charge in [-0.05, 0) is 41.5 Å². The highest BCUT2D eigenvalue weighted by molar-refractivity contribution is 5.61. The lowest BCUT2D eigenvalue weighted by Gasteiger charge is -2.34. The largest absolute Gasteiger partial charge is 0.508 e. The fourth-order valence-corrected chi connectivity index (χ4v) is 3.58. The molecule has 0 fully saturated rings. The van der Waals surface area contributed by atoms with Crippen molar-refractivity contribution >= 4 is 24.6 Å². The summed E-state index contributed by atoms with van der Waals surface area (Å²) in [6, 6.07) is 0. The summed E-state index contributed by atoms with van der Waals surface area (Å²) in [5.41, 5.74) is -1.13. The first-order valence-electron chi connectivity index (χ1n) is 16.3. The van der Waals surface area contributed by atoms with Crippen LogP contribution < -0.4 is 0 Å². The van der Waals surface area contributed by atoms with E-state index in [-0.39, 0.29) is 92.5 Å². The SMILES string of the molecule is CC(O)COC(=O)OC(C)COCC(COCC(C)OC(=O)OCCO)(COCC(C)OC(=O)OCCO)COCC(C)OC(=O)OCC(C)O. The van der Waals surface area contributed by atoms with E-state index in [0.717, 1.165) is 0 Å². The van der Waals surface area contributed by atoms with E-state index in [1.165, 1.54) is 13.8 Å². The molecule has 0 aliphatic heterocycles. The van der Waals surface area contributed by atoms with E-state index in [1.807, 2.05) is 0 Å². The van der Waals surface area contributed by atoms with Crippen molar-refractivity contribution in [1.82, 2.24) is 0 Å². The summed E-state index contributed by atoms with van der Waals surface area (Å²) in [4.78, 5) is 47.4. The molecule has 0 bridgehead atoms. The minimum atomic E-state index is -1.13. The number of carbonyl (C=O) groups excluding carboxylic acids is 4. The molecule has 300 valence electrons. The van der Waals surface area contributed by atoms with Crippen molar-refractivity contribution in [3.05, 3.63) is 0 Å². The van der Waals surface area contributed by atoms with Crippen LogP contribution in [-0.4, -0.2) is 174 Å². The van der Waals surface area contributed by atoms with E-state index in [9.17, 15) is 29.4 Å². The van der Waals surface area contributed by atoms with Crippen molar-refractivity contribution in [2.45, 2.75) is 78.2 Å². The third kappa shape index (κ3) is 27.1. The number of hydrogen-bond donors (Lipinski definition) is 4. The summed E-state index contributed by atoms with van der Waals surface area (Å²) < 4.78 is 63.0. The van der Waals surface area contributed by atoms with Crippen LogP contribution in [0.1, 0.15) is 41.5 Å². The van der Waals surface area contributed by atoms with E-state index in [4.69, 9.17) is 67.1 Å². The Balaban J connectivity index is 5.75. The minimum absolute atomic E-state index is 0.116. The first kappa shape index (κ1) is 47.8. The van der Waals surface area contributed by atoms with Gasteiger partial charge in [0.1, 0.15) is 50.8 Å². The monoisotopic (exact) mass is 748 g/mol. The van der Waals surface area contributed by atoms with Gasteiger partial charge in [-0.25, -0.2) is 19.2 Å². The van der Waals surface area contributed by atoms with E-state index in [2.05, 4.69) is 0 Å². The second-order valence-electron chi connectivity index (χ2n) is 11.7. The lowest BCUT2D eigenvalue weighted by molar-refractivity contribution is -0.133. The number of rotatable bonds is 28. The first-order chi connectivity index (χ1) is 24.1. The third-order valence-electron chi connectivity index (χ3n) is 5.74. The number of aliphatic hydroxyl groups excluding tert-OH is 4. The smallest absolute Gasteiger partial charge is 0.432 e. The molecule has 20 heteroatoms. The van der Waals surface area contributed by atoms with Crippen LogP contribution in [0.5, 0.6) is 0 Å². The number of aliphatic hydroxyl groups is 4. The van der Waals surface area contributed by atoms with Gasteiger partial charge in [-0.3, -0.25) is 0 Å². The van der Waals surface area contributed by atoms with Crippen molar-refractivity contribution in [3.8, 4) is 0 Å². The zero-order valence-electron chi connectivity index (χ0n) is 30.2. The Morgan fingerprint density at radius 1 is 0.451 bits per heavy atom. The fourth-order valence-electron chi connectivity index (χ4n) is 3.58. The van der Waals surface area contributed by atoms with Crippen molar-refractivity contribution in [2.24, 2.45) is 5.41 Å². The highest BCUT2D eigenvalue weighted by atomic mass is 16.8. The molecule has 0 heterocycles.